The van der Waals surface area contributed by atoms with Crippen LogP contribution in [0.15, 0.2) is 36.9 Å². The Balaban J connectivity index is 1.54. The number of likely N-dealkylation sites (N-methyl/N-ethyl adjacent to an activating group) is 1. The van der Waals surface area contributed by atoms with Crippen molar-refractivity contribution in [3.63, 3.8) is 0 Å². The number of ether oxygens (including phenoxy) is 1. The van der Waals surface area contributed by atoms with Gasteiger partial charge in [-0.05, 0) is 25.1 Å². The zero-order valence-electron chi connectivity index (χ0n) is 18.0. The molecule has 2 aromatic heterocycles. The molecule has 4 rings (SSSR count). The van der Waals surface area contributed by atoms with Crippen LogP contribution in [0.5, 0.6) is 0 Å². The molecule has 3 amide bonds. The third kappa shape index (κ3) is 4.87. The number of hydrogen-bond acceptors (Lipinski definition) is 8. The van der Waals surface area contributed by atoms with E-state index in [-0.39, 0.29) is 22.7 Å². The van der Waals surface area contributed by atoms with Crippen molar-refractivity contribution in [3.8, 4) is 0 Å². The summed E-state index contributed by atoms with van der Waals surface area (Å²) in [5.74, 6) is -0.680. The minimum Gasteiger partial charge on any atom is -0.387 e. The minimum atomic E-state index is -4.57. The first kappa shape index (κ1) is 24.3. The molecule has 1 aliphatic rings. The minimum absolute atomic E-state index is 0.0680. The lowest BCUT2D eigenvalue weighted by Crippen LogP contribution is -2.42. The molecule has 15 heteroatoms. The second-order valence-corrected chi connectivity index (χ2v) is 7.53. The van der Waals surface area contributed by atoms with Crippen LogP contribution in [-0.2, 0) is 15.7 Å². The molecule has 1 aliphatic heterocycles. The number of imidazole rings is 1. The fraction of sp³-hybridized carbons (Fsp3) is 0.350. The number of urea groups is 1. The van der Waals surface area contributed by atoms with Crippen molar-refractivity contribution >= 4 is 34.6 Å². The number of aliphatic hydroxyl groups excluding tert-OH is 2. The number of amides is 3. The van der Waals surface area contributed by atoms with Gasteiger partial charge in [0.15, 0.2) is 29.3 Å². The number of nitrogens with zero attached hydrogens (tertiary/aromatic N) is 4. The molecule has 0 radical (unpaired) electrons. The molecule has 1 saturated heterocycles. The fourth-order valence-corrected chi connectivity index (χ4v) is 3.55. The highest BCUT2D eigenvalue weighted by Crippen LogP contribution is 2.33. The molecule has 12 nitrogen and oxygen atoms in total. The summed E-state index contributed by atoms with van der Waals surface area (Å²) in [6.07, 6.45) is -7.82. The zero-order valence-corrected chi connectivity index (χ0v) is 18.0. The number of halogens is 3. The van der Waals surface area contributed by atoms with Gasteiger partial charge in [-0.15, -0.1) is 0 Å². The van der Waals surface area contributed by atoms with Gasteiger partial charge in [0.25, 0.3) is 5.91 Å². The number of rotatable bonds is 5. The Morgan fingerprint density at radius 1 is 1.14 bits per heavy atom. The Bertz CT molecular complexity index is 1250. The van der Waals surface area contributed by atoms with Gasteiger partial charge in [0.05, 0.1) is 11.9 Å². The van der Waals surface area contributed by atoms with Crippen LogP contribution in [-0.4, -0.2) is 66.5 Å². The van der Waals surface area contributed by atoms with E-state index in [1.807, 2.05) is 0 Å². The third-order valence-electron chi connectivity index (χ3n) is 5.16. The van der Waals surface area contributed by atoms with E-state index in [0.29, 0.717) is 6.54 Å². The molecule has 1 fully saturated rings. The summed E-state index contributed by atoms with van der Waals surface area (Å²) < 4.78 is 45.5. The molecule has 3 heterocycles. The number of fused-ring (bicyclic) bond motifs is 1. The summed E-state index contributed by atoms with van der Waals surface area (Å²) in [7, 11) is 0. The van der Waals surface area contributed by atoms with Crippen LogP contribution in [0, 0.1) is 0 Å². The van der Waals surface area contributed by atoms with Gasteiger partial charge in [-0.25, -0.2) is 19.7 Å². The van der Waals surface area contributed by atoms with E-state index in [1.165, 1.54) is 17.0 Å². The second kappa shape index (κ2) is 9.44. The van der Waals surface area contributed by atoms with Gasteiger partial charge in [0.2, 0.25) is 0 Å². The molecule has 5 N–H and O–H groups in total. The number of alkyl halides is 3. The summed E-state index contributed by atoms with van der Waals surface area (Å²) >= 11 is 0. The number of aliphatic hydroxyl groups is 2. The molecule has 3 aromatic rings. The average Bonchev–Trinajstić information content (AvgIpc) is 3.35. The first-order valence-corrected chi connectivity index (χ1v) is 10.3. The van der Waals surface area contributed by atoms with E-state index in [1.54, 1.807) is 6.92 Å². The van der Waals surface area contributed by atoms with Crippen molar-refractivity contribution in [1.82, 2.24) is 24.8 Å². The molecule has 35 heavy (non-hydrogen) atoms. The Morgan fingerprint density at radius 3 is 2.63 bits per heavy atom. The first-order valence-electron chi connectivity index (χ1n) is 10.3. The topological polar surface area (TPSA) is 164 Å². The van der Waals surface area contributed by atoms with Crippen molar-refractivity contribution in [3.05, 3.63) is 42.5 Å². The highest BCUT2D eigenvalue weighted by molar-refractivity contribution is 6.03. The molecule has 0 aliphatic carbocycles. The van der Waals surface area contributed by atoms with Gasteiger partial charge in [0, 0.05) is 12.2 Å². The monoisotopic (exact) mass is 495 g/mol. The number of carbonyl (C=O) groups is 2. The van der Waals surface area contributed by atoms with Crippen molar-refractivity contribution in [2.75, 3.05) is 17.2 Å². The molecule has 0 saturated carbocycles. The van der Waals surface area contributed by atoms with Crippen molar-refractivity contribution in [2.24, 2.45) is 0 Å². The summed E-state index contributed by atoms with van der Waals surface area (Å²) in [5.41, 5.74) is -0.858. The van der Waals surface area contributed by atoms with Crippen LogP contribution in [0.4, 0.5) is 29.5 Å². The normalized spacial score (nSPS) is 22.2. The Morgan fingerprint density at radius 2 is 1.91 bits per heavy atom. The van der Waals surface area contributed by atoms with Crippen LogP contribution in [0.25, 0.3) is 11.2 Å². The molecule has 1 aromatic carbocycles. The van der Waals surface area contributed by atoms with E-state index >= 15 is 0 Å². The van der Waals surface area contributed by atoms with E-state index in [0.717, 1.165) is 24.5 Å². The third-order valence-corrected chi connectivity index (χ3v) is 5.16. The molecule has 0 spiro atoms. The number of anilines is 2. The molecule has 0 unspecified atom stereocenters. The van der Waals surface area contributed by atoms with Gasteiger partial charge in [-0.1, -0.05) is 6.07 Å². The van der Waals surface area contributed by atoms with Crippen molar-refractivity contribution in [2.45, 2.75) is 37.6 Å². The number of aromatic nitrogens is 4. The van der Waals surface area contributed by atoms with Gasteiger partial charge >= 0.3 is 12.2 Å². The lowest BCUT2D eigenvalue weighted by molar-refractivity contribution is -0.138. The quantitative estimate of drug-likeness (QED) is 0.353. The van der Waals surface area contributed by atoms with Gasteiger partial charge < -0.3 is 25.6 Å². The standard InChI is InChI=1S/C20H20F3N7O5/c1-2-24-17(33)14-12(31)13(32)18(35-14)30-8-27-11-15(25-7-26-16(11)30)29-19(34)28-10-5-3-4-9(6-10)20(21,22)23/h3-8,12-14,18,31-32H,2H2,1H3,(H,24,33)(H2,25,26,28,29,34)/t12-,13+,14-,18+/m0/s1. The summed E-state index contributed by atoms with van der Waals surface area (Å²) in [6.45, 7) is 1.98. The fourth-order valence-electron chi connectivity index (χ4n) is 3.55. The largest absolute Gasteiger partial charge is 0.416 e. The Hall–Kier alpha value is -3.82. The van der Waals surface area contributed by atoms with Crippen LogP contribution >= 0.6 is 0 Å². The van der Waals surface area contributed by atoms with Gasteiger partial charge in [-0.3, -0.25) is 14.7 Å². The van der Waals surface area contributed by atoms with Crippen LogP contribution in [0.1, 0.15) is 18.7 Å². The molecular formula is C20H20F3N7O5. The van der Waals surface area contributed by atoms with Gasteiger partial charge in [0.1, 0.15) is 18.5 Å². The van der Waals surface area contributed by atoms with E-state index in [9.17, 15) is 33.0 Å². The Kier molecular flexibility index (Phi) is 6.56. The number of hydrogen-bond donors (Lipinski definition) is 5. The van der Waals surface area contributed by atoms with Crippen LogP contribution < -0.4 is 16.0 Å². The number of benzene rings is 1. The summed E-state index contributed by atoms with van der Waals surface area (Å²) in [4.78, 5) is 36.6. The van der Waals surface area contributed by atoms with E-state index in [2.05, 4.69) is 30.9 Å². The summed E-state index contributed by atoms with van der Waals surface area (Å²) in [5, 5.41) is 27.8. The van der Waals surface area contributed by atoms with Crippen LogP contribution in [0.2, 0.25) is 0 Å². The highest BCUT2D eigenvalue weighted by Gasteiger charge is 2.47. The highest BCUT2D eigenvalue weighted by atomic mass is 19.4. The zero-order chi connectivity index (χ0) is 25.3. The van der Waals surface area contributed by atoms with E-state index < -0.39 is 48.2 Å². The maximum atomic E-state index is 12.9. The first-order chi connectivity index (χ1) is 16.6. The van der Waals surface area contributed by atoms with E-state index in [4.69, 9.17) is 4.74 Å². The molecule has 186 valence electrons. The second-order valence-electron chi connectivity index (χ2n) is 7.53. The smallest absolute Gasteiger partial charge is 0.387 e. The average molecular weight is 495 g/mol. The maximum Gasteiger partial charge on any atom is 0.416 e. The number of nitrogens with one attached hydrogen (secondary N) is 3. The number of carbonyl (C=O) groups excluding carboxylic acids is 2. The lowest BCUT2D eigenvalue weighted by Gasteiger charge is -2.16. The lowest BCUT2D eigenvalue weighted by atomic mass is 10.1. The molecule has 0 bridgehead atoms. The van der Waals surface area contributed by atoms with Crippen LogP contribution in [0.3, 0.4) is 0 Å². The van der Waals surface area contributed by atoms with Crippen molar-refractivity contribution < 1.29 is 37.7 Å². The molecule has 4 atom stereocenters. The van der Waals surface area contributed by atoms with Gasteiger partial charge in [-0.2, -0.15) is 13.2 Å². The molecular weight excluding hydrogens is 475 g/mol. The van der Waals surface area contributed by atoms with Crippen molar-refractivity contribution in [1.29, 1.82) is 0 Å². The predicted octanol–water partition coefficient (Wildman–Crippen LogP) is 1.24. The predicted molar refractivity (Wildman–Crippen MR) is 114 cm³/mol. The summed E-state index contributed by atoms with van der Waals surface area (Å²) in [6, 6.07) is 3.20. The Labute approximate surface area is 195 Å². The maximum absolute atomic E-state index is 12.9. The SMILES string of the molecule is CCNC(=O)[C@H]1O[C@@H](n2cnc3c(NC(=O)Nc4cccc(C(F)(F)F)c4)ncnc32)[C@H](O)[C@@H]1O.